The number of hydrogen-bond acceptors (Lipinski definition) is 2. The summed E-state index contributed by atoms with van der Waals surface area (Å²) in [6.45, 7) is 1.87. The SMILES string of the molecule is Cc1cc(NC(=O)N(C)CC(F)(F)F)cc(C(=O)O)c1C. The van der Waals surface area contributed by atoms with Crippen LogP contribution in [0.15, 0.2) is 12.1 Å². The highest BCUT2D eigenvalue weighted by Gasteiger charge is 2.31. The Morgan fingerprint density at radius 3 is 2.33 bits per heavy atom. The first-order valence-electron chi connectivity index (χ1n) is 5.94. The molecule has 2 amide bonds. The van der Waals surface area contributed by atoms with Crippen molar-refractivity contribution in [3.8, 4) is 0 Å². The maximum atomic E-state index is 12.2. The van der Waals surface area contributed by atoms with Gasteiger partial charge in [-0.05, 0) is 37.1 Å². The molecule has 0 saturated carbocycles. The number of anilines is 1. The fraction of sp³-hybridized carbons (Fsp3) is 0.385. The molecule has 1 aromatic rings. The minimum Gasteiger partial charge on any atom is -0.478 e. The van der Waals surface area contributed by atoms with E-state index in [-0.39, 0.29) is 11.3 Å². The van der Waals surface area contributed by atoms with Crippen molar-refractivity contribution in [2.45, 2.75) is 20.0 Å². The second kappa shape index (κ2) is 6.02. The molecule has 1 aromatic carbocycles. The highest BCUT2D eigenvalue weighted by atomic mass is 19.4. The first kappa shape index (κ1) is 16.8. The highest BCUT2D eigenvalue weighted by Crippen LogP contribution is 2.21. The van der Waals surface area contributed by atoms with Crippen LogP contribution in [0.4, 0.5) is 23.7 Å². The van der Waals surface area contributed by atoms with Gasteiger partial charge < -0.3 is 15.3 Å². The van der Waals surface area contributed by atoms with E-state index in [1.54, 1.807) is 13.8 Å². The fourth-order valence-electron chi connectivity index (χ4n) is 1.71. The molecule has 0 unspecified atom stereocenters. The van der Waals surface area contributed by atoms with Gasteiger partial charge in [0.1, 0.15) is 6.54 Å². The maximum Gasteiger partial charge on any atom is 0.406 e. The van der Waals surface area contributed by atoms with E-state index < -0.39 is 24.7 Å². The monoisotopic (exact) mass is 304 g/mol. The van der Waals surface area contributed by atoms with Gasteiger partial charge in [0.05, 0.1) is 5.56 Å². The Morgan fingerprint density at radius 2 is 1.86 bits per heavy atom. The third-order valence-corrected chi connectivity index (χ3v) is 2.91. The van der Waals surface area contributed by atoms with Crippen LogP contribution in [-0.2, 0) is 0 Å². The first-order chi connectivity index (χ1) is 9.51. The lowest BCUT2D eigenvalue weighted by Gasteiger charge is -2.20. The van der Waals surface area contributed by atoms with Gasteiger partial charge in [0.25, 0.3) is 0 Å². The molecule has 0 aromatic heterocycles. The molecule has 0 saturated heterocycles. The van der Waals surface area contributed by atoms with Gasteiger partial charge in [-0.25, -0.2) is 9.59 Å². The standard InChI is InChI=1S/C13H15F3N2O3/c1-7-4-9(5-10(8(7)2)11(19)20)17-12(21)18(3)6-13(14,15)16/h4-5H,6H2,1-3H3,(H,17,21)(H,19,20). The van der Waals surface area contributed by atoms with Gasteiger partial charge in [-0.15, -0.1) is 0 Å². The number of rotatable bonds is 3. The maximum absolute atomic E-state index is 12.2. The zero-order valence-corrected chi connectivity index (χ0v) is 11.7. The second-order valence-electron chi connectivity index (χ2n) is 4.67. The lowest BCUT2D eigenvalue weighted by molar-refractivity contribution is -0.137. The summed E-state index contributed by atoms with van der Waals surface area (Å²) in [6, 6.07) is 1.75. The van der Waals surface area contributed by atoms with Gasteiger partial charge in [0.2, 0.25) is 0 Å². The molecular formula is C13H15F3N2O3. The van der Waals surface area contributed by atoms with Crippen LogP contribution in [0.25, 0.3) is 0 Å². The third-order valence-electron chi connectivity index (χ3n) is 2.91. The Kier molecular flexibility index (Phi) is 4.82. The number of hydrogen-bond donors (Lipinski definition) is 2. The van der Waals surface area contributed by atoms with E-state index in [4.69, 9.17) is 5.11 Å². The zero-order valence-electron chi connectivity index (χ0n) is 11.7. The number of carbonyl (C=O) groups is 2. The molecule has 8 heteroatoms. The third kappa shape index (κ3) is 4.66. The molecule has 5 nitrogen and oxygen atoms in total. The van der Waals surface area contributed by atoms with Crippen LogP contribution in [-0.4, -0.2) is 41.8 Å². The molecule has 116 valence electrons. The van der Waals surface area contributed by atoms with Crippen LogP contribution in [0.5, 0.6) is 0 Å². The summed E-state index contributed by atoms with van der Waals surface area (Å²) in [5.74, 6) is -1.17. The quantitative estimate of drug-likeness (QED) is 0.901. The average Bonchev–Trinajstić information content (AvgIpc) is 2.30. The van der Waals surface area contributed by atoms with Crippen molar-refractivity contribution in [2.24, 2.45) is 0 Å². The molecule has 0 aliphatic rings. The molecule has 0 radical (unpaired) electrons. The van der Waals surface area contributed by atoms with Crippen molar-refractivity contribution in [2.75, 3.05) is 18.9 Å². The van der Waals surface area contributed by atoms with Crippen LogP contribution in [0.2, 0.25) is 0 Å². The Balaban J connectivity index is 2.93. The van der Waals surface area contributed by atoms with Gasteiger partial charge in [-0.1, -0.05) is 0 Å². The van der Waals surface area contributed by atoms with Crippen LogP contribution < -0.4 is 5.32 Å². The van der Waals surface area contributed by atoms with Gasteiger partial charge in [0, 0.05) is 12.7 Å². The lowest BCUT2D eigenvalue weighted by atomic mass is 10.0. The molecule has 21 heavy (non-hydrogen) atoms. The van der Waals surface area contributed by atoms with Crippen molar-refractivity contribution >= 4 is 17.7 Å². The lowest BCUT2D eigenvalue weighted by Crippen LogP contribution is -2.38. The van der Waals surface area contributed by atoms with E-state index in [1.807, 2.05) is 0 Å². The first-order valence-corrected chi connectivity index (χ1v) is 5.94. The number of carbonyl (C=O) groups excluding carboxylic acids is 1. The molecule has 0 atom stereocenters. The van der Waals surface area contributed by atoms with Crippen molar-refractivity contribution in [3.05, 3.63) is 28.8 Å². The van der Waals surface area contributed by atoms with Gasteiger partial charge in [-0.3, -0.25) is 0 Å². The van der Waals surface area contributed by atoms with Gasteiger partial charge >= 0.3 is 18.2 Å². The molecule has 0 aliphatic heterocycles. The topological polar surface area (TPSA) is 69.6 Å². The molecule has 0 heterocycles. The molecule has 1 rings (SSSR count). The summed E-state index contributed by atoms with van der Waals surface area (Å²) < 4.78 is 36.6. The fourth-order valence-corrected chi connectivity index (χ4v) is 1.71. The summed E-state index contributed by atoms with van der Waals surface area (Å²) in [4.78, 5) is 23.2. The smallest absolute Gasteiger partial charge is 0.406 e. The summed E-state index contributed by atoms with van der Waals surface area (Å²) in [7, 11) is 1.00. The number of amides is 2. The largest absolute Gasteiger partial charge is 0.478 e. The van der Waals surface area contributed by atoms with Crippen LogP contribution in [0, 0.1) is 13.8 Å². The van der Waals surface area contributed by atoms with Gasteiger partial charge in [-0.2, -0.15) is 13.2 Å². The number of nitrogens with one attached hydrogen (secondary N) is 1. The molecule has 0 bridgehead atoms. The van der Waals surface area contributed by atoms with Crippen molar-refractivity contribution in [1.29, 1.82) is 0 Å². The summed E-state index contributed by atoms with van der Waals surface area (Å²) in [5.41, 5.74) is 1.27. The van der Waals surface area contributed by atoms with Crippen LogP contribution in [0.3, 0.4) is 0 Å². The van der Waals surface area contributed by atoms with E-state index in [0.717, 1.165) is 7.05 Å². The van der Waals surface area contributed by atoms with Crippen LogP contribution in [0.1, 0.15) is 21.5 Å². The normalized spacial score (nSPS) is 11.1. The number of carboxylic acids is 1. The van der Waals surface area contributed by atoms with Crippen molar-refractivity contribution < 1.29 is 27.9 Å². The number of aryl methyl sites for hydroxylation is 1. The summed E-state index contributed by atoms with van der Waals surface area (Å²) in [6.07, 6.45) is -4.50. The summed E-state index contributed by atoms with van der Waals surface area (Å²) in [5, 5.41) is 11.3. The number of alkyl halides is 3. The van der Waals surface area contributed by atoms with Crippen molar-refractivity contribution in [1.82, 2.24) is 4.90 Å². The number of halogens is 3. The molecule has 0 spiro atoms. The predicted molar refractivity (Wildman–Crippen MR) is 70.6 cm³/mol. The predicted octanol–water partition coefficient (Wildman–Crippen LogP) is 3.03. The summed E-state index contributed by atoms with van der Waals surface area (Å²) >= 11 is 0. The highest BCUT2D eigenvalue weighted by molar-refractivity contribution is 5.94. The minimum atomic E-state index is -4.50. The van der Waals surface area contributed by atoms with Crippen LogP contribution >= 0.6 is 0 Å². The Hall–Kier alpha value is -2.25. The zero-order chi connectivity index (χ0) is 16.4. The average molecular weight is 304 g/mol. The Labute approximate surface area is 119 Å². The van der Waals surface area contributed by atoms with E-state index in [0.29, 0.717) is 16.0 Å². The number of aromatic carboxylic acids is 1. The van der Waals surface area contributed by atoms with E-state index in [1.165, 1.54) is 12.1 Å². The van der Waals surface area contributed by atoms with Crippen molar-refractivity contribution in [3.63, 3.8) is 0 Å². The Bertz CT molecular complexity index is 571. The number of benzene rings is 1. The van der Waals surface area contributed by atoms with E-state index in [2.05, 4.69) is 5.32 Å². The number of urea groups is 1. The number of nitrogens with zero attached hydrogens (tertiary/aromatic N) is 1. The number of carboxylic acid groups (broad SMARTS) is 1. The Morgan fingerprint density at radius 1 is 1.29 bits per heavy atom. The minimum absolute atomic E-state index is 0.0104. The van der Waals surface area contributed by atoms with E-state index >= 15 is 0 Å². The van der Waals surface area contributed by atoms with E-state index in [9.17, 15) is 22.8 Å². The molecule has 2 N–H and O–H groups in total. The molecule has 0 aliphatic carbocycles. The molecule has 0 fully saturated rings. The molecular weight excluding hydrogens is 289 g/mol. The van der Waals surface area contributed by atoms with Gasteiger partial charge in [0.15, 0.2) is 0 Å². The second-order valence-corrected chi connectivity index (χ2v) is 4.67.